The van der Waals surface area contributed by atoms with E-state index in [2.05, 4.69) is 20.6 Å². The summed E-state index contributed by atoms with van der Waals surface area (Å²) >= 11 is 0. The van der Waals surface area contributed by atoms with Crippen LogP contribution in [0, 0.1) is 0 Å². The van der Waals surface area contributed by atoms with Crippen molar-refractivity contribution in [1.29, 1.82) is 0 Å². The molecular weight excluding hydrogens is 296 g/mol. The predicted molar refractivity (Wildman–Crippen MR) is 86.2 cm³/mol. The van der Waals surface area contributed by atoms with Gasteiger partial charge in [-0.25, -0.2) is 9.97 Å². The Bertz CT molecular complexity index is 701. The third-order valence-corrected chi connectivity index (χ3v) is 3.13. The van der Waals surface area contributed by atoms with Crippen LogP contribution in [0.15, 0.2) is 30.6 Å². The maximum absolute atomic E-state index is 12.2. The third-order valence-electron chi connectivity index (χ3n) is 3.13. The molecule has 7 nitrogen and oxygen atoms in total. The number of carbonyl (C=O) groups excluding carboxylic acids is 1. The summed E-state index contributed by atoms with van der Waals surface area (Å²) in [4.78, 5) is 20.5. The molecule has 0 saturated carbocycles. The number of rotatable bonds is 4. The SMILES string of the molecule is CC(C)Nc1ncc(C(=O)Nc2ccc3c(c2)OCCO3)cn1. The van der Waals surface area contributed by atoms with Crippen molar-refractivity contribution in [2.45, 2.75) is 19.9 Å². The molecule has 1 aliphatic rings. The van der Waals surface area contributed by atoms with Gasteiger partial charge in [-0.15, -0.1) is 0 Å². The monoisotopic (exact) mass is 314 g/mol. The van der Waals surface area contributed by atoms with Crippen LogP contribution in [0.2, 0.25) is 0 Å². The second-order valence-corrected chi connectivity index (χ2v) is 5.41. The van der Waals surface area contributed by atoms with E-state index in [1.807, 2.05) is 13.8 Å². The first-order valence-corrected chi connectivity index (χ1v) is 7.41. The second-order valence-electron chi connectivity index (χ2n) is 5.41. The number of benzene rings is 1. The molecule has 3 rings (SSSR count). The minimum absolute atomic E-state index is 0.229. The normalized spacial score (nSPS) is 12.8. The first-order chi connectivity index (χ1) is 11.1. The van der Waals surface area contributed by atoms with Gasteiger partial charge in [-0.05, 0) is 26.0 Å². The van der Waals surface area contributed by atoms with Gasteiger partial charge in [0.2, 0.25) is 5.95 Å². The lowest BCUT2D eigenvalue weighted by atomic mass is 10.2. The van der Waals surface area contributed by atoms with Crippen LogP contribution in [0.1, 0.15) is 24.2 Å². The van der Waals surface area contributed by atoms with Crippen LogP contribution >= 0.6 is 0 Å². The van der Waals surface area contributed by atoms with Crippen molar-refractivity contribution in [3.63, 3.8) is 0 Å². The molecule has 0 unspecified atom stereocenters. The van der Waals surface area contributed by atoms with E-state index in [4.69, 9.17) is 9.47 Å². The molecule has 7 heteroatoms. The molecule has 23 heavy (non-hydrogen) atoms. The summed E-state index contributed by atoms with van der Waals surface area (Å²) in [5, 5.41) is 5.86. The van der Waals surface area contributed by atoms with Crippen molar-refractivity contribution in [2.24, 2.45) is 0 Å². The van der Waals surface area contributed by atoms with Crippen molar-refractivity contribution < 1.29 is 14.3 Å². The molecule has 1 aromatic carbocycles. The van der Waals surface area contributed by atoms with Crippen LogP contribution < -0.4 is 20.1 Å². The minimum atomic E-state index is -0.280. The Hall–Kier alpha value is -2.83. The van der Waals surface area contributed by atoms with E-state index in [9.17, 15) is 4.79 Å². The van der Waals surface area contributed by atoms with E-state index in [0.717, 1.165) is 0 Å². The van der Waals surface area contributed by atoms with Gasteiger partial charge in [-0.1, -0.05) is 0 Å². The smallest absolute Gasteiger partial charge is 0.258 e. The molecule has 1 aliphatic heterocycles. The zero-order chi connectivity index (χ0) is 16.2. The summed E-state index contributed by atoms with van der Waals surface area (Å²) in [5.74, 6) is 1.53. The number of fused-ring (bicyclic) bond motifs is 1. The molecule has 2 aromatic rings. The topological polar surface area (TPSA) is 85.4 Å². The van der Waals surface area contributed by atoms with E-state index in [0.29, 0.717) is 41.9 Å². The number of carbonyl (C=O) groups is 1. The highest BCUT2D eigenvalue weighted by atomic mass is 16.6. The number of amides is 1. The maximum atomic E-state index is 12.2. The highest BCUT2D eigenvalue weighted by molar-refractivity contribution is 6.04. The van der Waals surface area contributed by atoms with Gasteiger partial charge in [-0.3, -0.25) is 4.79 Å². The molecule has 2 N–H and O–H groups in total. The first-order valence-electron chi connectivity index (χ1n) is 7.41. The molecule has 0 aliphatic carbocycles. The standard InChI is InChI=1S/C16H18N4O3/c1-10(2)19-16-17-8-11(9-18-16)15(21)20-12-3-4-13-14(7-12)23-6-5-22-13/h3-4,7-10H,5-6H2,1-2H3,(H,20,21)(H,17,18,19). The highest BCUT2D eigenvalue weighted by Gasteiger charge is 2.14. The second kappa shape index (κ2) is 6.51. The molecule has 0 atom stereocenters. The lowest BCUT2D eigenvalue weighted by Crippen LogP contribution is -2.17. The summed E-state index contributed by atoms with van der Waals surface area (Å²) in [6, 6.07) is 5.51. The number of hydrogen-bond donors (Lipinski definition) is 2. The van der Waals surface area contributed by atoms with Gasteiger partial charge < -0.3 is 20.1 Å². The van der Waals surface area contributed by atoms with E-state index in [1.165, 1.54) is 12.4 Å². The fourth-order valence-electron chi connectivity index (χ4n) is 2.10. The molecule has 120 valence electrons. The van der Waals surface area contributed by atoms with E-state index in [1.54, 1.807) is 18.2 Å². The van der Waals surface area contributed by atoms with Crippen LogP contribution in [0.4, 0.5) is 11.6 Å². The lowest BCUT2D eigenvalue weighted by Gasteiger charge is -2.19. The average molecular weight is 314 g/mol. The van der Waals surface area contributed by atoms with Gasteiger partial charge in [-0.2, -0.15) is 0 Å². The largest absolute Gasteiger partial charge is 0.486 e. The molecule has 1 amide bonds. The van der Waals surface area contributed by atoms with Gasteiger partial charge in [0.15, 0.2) is 11.5 Å². The maximum Gasteiger partial charge on any atom is 0.258 e. The quantitative estimate of drug-likeness (QED) is 0.901. The minimum Gasteiger partial charge on any atom is -0.486 e. The number of nitrogens with one attached hydrogen (secondary N) is 2. The van der Waals surface area contributed by atoms with Gasteiger partial charge in [0, 0.05) is 30.2 Å². The number of anilines is 2. The van der Waals surface area contributed by atoms with Gasteiger partial charge in [0.25, 0.3) is 5.91 Å². The number of ether oxygens (including phenoxy) is 2. The van der Waals surface area contributed by atoms with Crippen molar-refractivity contribution in [3.05, 3.63) is 36.2 Å². The molecule has 0 radical (unpaired) electrons. The summed E-state index contributed by atoms with van der Waals surface area (Å²) in [6.45, 7) is 5.02. The van der Waals surface area contributed by atoms with E-state index < -0.39 is 0 Å². The van der Waals surface area contributed by atoms with Crippen LogP contribution in [0.25, 0.3) is 0 Å². The highest BCUT2D eigenvalue weighted by Crippen LogP contribution is 2.32. The Morgan fingerprint density at radius 2 is 1.83 bits per heavy atom. The zero-order valence-corrected chi connectivity index (χ0v) is 13.0. The predicted octanol–water partition coefficient (Wildman–Crippen LogP) is 2.32. The average Bonchev–Trinajstić information content (AvgIpc) is 2.55. The van der Waals surface area contributed by atoms with E-state index in [-0.39, 0.29) is 11.9 Å². The number of aromatic nitrogens is 2. The Morgan fingerprint density at radius 3 is 2.52 bits per heavy atom. The molecule has 0 spiro atoms. The van der Waals surface area contributed by atoms with Crippen molar-refractivity contribution in [3.8, 4) is 11.5 Å². The third kappa shape index (κ3) is 3.68. The van der Waals surface area contributed by atoms with Gasteiger partial charge in [0.05, 0.1) is 5.56 Å². The fraction of sp³-hybridized carbons (Fsp3) is 0.312. The van der Waals surface area contributed by atoms with Crippen LogP contribution in [-0.4, -0.2) is 35.1 Å². The van der Waals surface area contributed by atoms with Crippen molar-refractivity contribution in [1.82, 2.24) is 9.97 Å². The Morgan fingerprint density at radius 1 is 1.13 bits per heavy atom. The molecule has 2 heterocycles. The number of nitrogens with zero attached hydrogens (tertiary/aromatic N) is 2. The molecule has 0 fully saturated rings. The molecular formula is C16H18N4O3. The summed E-state index contributed by atoms with van der Waals surface area (Å²) in [5.41, 5.74) is 1.01. The zero-order valence-electron chi connectivity index (χ0n) is 13.0. The lowest BCUT2D eigenvalue weighted by molar-refractivity contribution is 0.102. The van der Waals surface area contributed by atoms with Crippen molar-refractivity contribution >= 4 is 17.5 Å². The summed E-state index contributed by atoms with van der Waals surface area (Å²) in [7, 11) is 0. The Balaban J connectivity index is 1.69. The summed E-state index contributed by atoms with van der Waals surface area (Å²) < 4.78 is 10.9. The van der Waals surface area contributed by atoms with Gasteiger partial charge >= 0.3 is 0 Å². The van der Waals surface area contributed by atoms with Crippen LogP contribution in [0.3, 0.4) is 0 Å². The van der Waals surface area contributed by atoms with Crippen LogP contribution in [-0.2, 0) is 0 Å². The number of hydrogen-bond acceptors (Lipinski definition) is 6. The summed E-state index contributed by atoms with van der Waals surface area (Å²) in [6.07, 6.45) is 2.98. The molecule has 0 bridgehead atoms. The van der Waals surface area contributed by atoms with Crippen molar-refractivity contribution in [2.75, 3.05) is 23.8 Å². The molecule has 1 aromatic heterocycles. The van der Waals surface area contributed by atoms with E-state index >= 15 is 0 Å². The Labute approximate surface area is 134 Å². The fourth-order valence-corrected chi connectivity index (χ4v) is 2.10. The van der Waals surface area contributed by atoms with Gasteiger partial charge in [0.1, 0.15) is 13.2 Å². The van der Waals surface area contributed by atoms with Crippen LogP contribution in [0.5, 0.6) is 11.5 Å². The first kappa shape index (κ1) is 15.1. The molecule has 0 saturated heterocycles. The Kier molecular flexibility index (Phi) is 4.27.